The molecule has 0 fully saturated rings. The summed E-state index contributed by atoms with van der Waals surface area (Å²) >= 11 is 1.63. The number of carbonyl (C=O) groups is 1. The Hall–Kier alpha value is -1.94. The van der Waals surface area contributed by atoms with Gasteiger partial charge in [-0.15, -0.1) is 11.8 Å². The molecule has 1 amide bonds. The van der Waals surface area contributed by atoms with Crippen molar-refractivity contribution >= 4 is 23.4 Å². The molecule has 0 saturated heterocycles. The lowest BCUT2D eigenvalue weighted by Gasteiger charge is -2.10. The minimum absolute atomic E-state index is 0.0858. The maximum atomic E-state index is 11.9. The summed E-state index contributed by atoms with van der Waals surface area (Å²) < 4.78 is 0. The average molecular weight is 286 g/mol. The molecule has 2 rings (SSSR count). The molecule has 104 valence electrons. The van der Waals surface area contributed by atoms with E-state index in [9.17, 15) is 4.79 Å². The molecular formula is C16H18N2OS. The van der Waals surface area contributed by atoms with Crippen molar-refractivity contribution in [2.45, 2.75) is 17.6 Å². The van der Waals surface area contributed by atoms with Crippen molar-refractivity contribution in [3.8, 4) is 0 Å². The van der Waals surface area contributed by atoms with E-state index in [1.54, 1.807) is 30.9 Å². The number of nitrogens with two attached hydrogens (primary N) is 1. The number of hydrogen-bond donors (Lipinski definition) is 2. The molecule has 0 aliphatic heterocycles. The lowest BCUT2D eigenvalue weighted by atomic mass is 10.1. The highest BCUT2D eigenvalue weighted by molar-refractivity contribution is 7.98. The number of nitrogens with one attached hydrogen (secondary N) is 1. The van der Waals surface area contributed by atoms with Crippen LogP contribution < -0.4 is 11.1 Å². The molecule has 3 nitrogen and oxygen atoms in total. The topological polar surface area (TPSA) is 55.1 Å². The minimum Gasteiger partial charge on any atom is -0.399 e. The van der Waals surface area contributed by atoms with Crippen molar-refractivity contribution < 1.29 is 4.79 Å². The lowest BCUT2D eigenvalue weighted by Crippen LogP contribution is -2.18. The number of amides is 1. The third kappa shape index (κ3) is 3.33. The second-order valence-electron chi connectivity index (χ2n) is 4.55. The third-order valence-corrected chi connectivity index (χ3v) is 4.23. The highest BCUT2D eigenvalue weighted by atomic mass is 32.2. The molecule has 0 bridgehead atoms. The quantitative estimate of drug-likeness (QED) is 0.670. The van der Waals surface area contributed by atoms with Crippen LogP contribution in [-0.4, -0.2) is 13.0 Å². The standard InChI is InChI=1S/C16H18N2OS/c1-11-5-3-4-6-12(11)10-20-15-9-13(17)7-8-14(15)16(19)18-2/h3-9H,10,17H2,1-2H3,(H,18,19). The molecule has 0 aliphatic rings. The first kappa shape index (κ1) is 14.5. The van der Waals surface area contributed by atoms with Gasteiger partial charge in [0.25, 0.3) is 5.91 Å². The van der Waals surface area contributed by atoms with Crippen LogP contribution in [0.2, 0.25) is 0 Å². The Kier molecular flexibility index (Phi) is 4.69. The molecule has 0 spiro atoms. The molecule has 0 heterocycles. The molecule has 2 aromatic rings. The molecule has 0 aromatic heterocycles. The van der Waals surface area contributed by atoms with E-state index >= 15 is 0 Å². The number of aryl methyl sites for hydroxylation is 1. The Balaban J connectivity index is 2.22. The Bertz CT molecular complexity index is 626. The van der Waals surface area contributed by atoms with Crippen molar-refractivity contribution in [1.82, 2.24) is 5.32 Å². The maximum Gasteiger partial charge on any atom is 0.252 e. The molecule has 0 aliphatic carbocycles. The van der Waals surface area contributed by atoms with Crippen LogP contribution >= 0.6 is 11.8 Å². The van der Waals surface area contributed by atoms with Gasteiger partial charge < -0.3 is 11.1 Å². The Morgan fingerprint density at radius 1 is 1.25 bits per heavy atom. The van der Waals surface area contributed by atoms with E-state index in [4.69, 9.17) is 5.73 Å². The van der Waals surface area contributed by atoms with E-state index in [0.29, 0.717) is 11.3 Å². The number of thioether (sulfide) groups is 1. The van der Waals surface area contributed by atoms with Crippen molar-refractivity contribution in [3.63, 3.8) is 0 Å². The van der Waals surface area contributed by atoms with Gasteiger partial charge in [0.1, 0.15) is 0 Å². The second kappa shape index (κ2) is 6.48. The fourth-order valence-electron chi connectivity index (χ4n) is 1.91. The zero-order valence-electron chi connectivity index (χ0n) is 11.6. The van der Waals surface area contributed by atoms with Gasteiger partial charge in [-0.05, 0) is 36.2 Å². The highest BCUT2D eigenvalue weighted by Gasteiger charge is 2.11. The monoisotopic (exact) mass is 286 g/mol. The highest BCUT2D eigenvalue weighted by Crippen LogP contribution is 2.29. The van der Waals surface area contributed by atoms with Crippen LogP contribution in [0.1, 0.15) is 21.5 Å². The molecule has 0 atom stereocenters. The lowest BCUT2D eigenvalue weighted by molar-refractivity contribution is 0.0960. The first-order valence-corrected chi connectivity index (χ1v) is 7.39. The molecule has 2 aromatic carbocycles. The molecule has 20 heavy (non-hydrogen) atoms. The molecule has 0 unspecified atom stereocenters. The van der Waals surface area contributed by atoms with Crippen molar-refractivity contribution in [2.75, 3.05) is 12.8 Å². The minimum atomic E-state index is -0.0858. The number of anilines is 1. The van der Waals surface area contributed by atoms with E-state index < -0.39 is 0 Å². The summed E-state index contributed by atoms with van der Waals surface area (Å²) in [6, 6.07) is 13.6. The Morgan fingerprint density at radius 2 is 2.00 bits per heavy atom. The maximum absolute atomic E-state index is 11.9. The van der Waals surface area contributed by atoms with E-state index in [-0.39, 0.29) is 5.91 Å². The molecule has 0 saturated carbocycles. The Labute approximate surface area is 123 Å². The van der Waals surface area contributed by atoms with Crippen LogP contribution in [0.25, 0.3) is 0 Å². The predicted octanol–water partition coefficient (Wildman–Crippen LogP) is 3.23. The van der Waals surface area contributed by atoms with Crippen molar-refractivity contribution in [3.05, 3.63) is 59.2 Å². The van der Waals surface area contributed by atoms with Gasteiger partial charge in [-0.3, -0.25) is 4.79 Å². The number of nitrogen functional groups attached to an aromatic ring is 1. The van der Waals surface area contributed by atoms with Crippen LogP contribution in [0, 0.1) is 6.92 Å². The smallest absolute Gasteiger partial charge is 0.252 e. The normalized spacial score (nSPS) is 10.3. The molecule has 0 radical (unpaired) electrons. The third-order valence-electron chi connectivity index (χ3n) is 3.12. The largest absolute Gasteiger partial charge is 0.399 e. The van der Waals surface area contributed by atoms with Gasteiger partial charge in [0.2, 0.25) is 0 Å². The molecular weight excluding hydrogens is 268 g/mol. The number of rotatable bonds is 4. The summed E-state index contributed by atoms with van der Waals surface area (Å²) in [5.74, 6) is 0.734. The first-order chi connectivity index (χ1) is 9.61. The summed E-state index contributed by atoms with van der Waals surface area (Å²) in [5.41, 5.74) is 9.68. The predicted molar refractivity (Wildman–Crippen MR) is 85.0 cm³/mol. The number of carbonyl (C=O) groups excluding carboxylic acids is 1. The fourth-order valence-corrected chi connectivity index (χ4v) is 3.08. The molecule has 4 heteroatoms. The van der Waals surface area contributed by atoms with E-state index in [1.165, 1.54) is 11.1 Å². The van der Waals surface area contributed by atoms with Gasteiger partial charge in [0.15, 0.2) is 0 Å². The van der Waals surface area contributed by atoms with E-state index in [2.05, 4.69) is 24.4 Å². The van der Waals surface area contributed by atoms with Crippen LogP contribution in [0.15, 0.2) is 47.4 Å². The van der Waals surface area contributed by atoms with Crippen LogP contribution in [-0.2, 0) is 5.75 Å². The van der Waals surface area contributed by atoms with E-state index in [0.717, 1.165) is 10.6 Å². The van der Waals surface area contributed by atoms with Crippen LogP contribution in [0.4, 0.5) is 5.69 Å². The summed E-state index contributed by atoms with van der Waals surface area (Å²) in [5, 5.41) is 2.66. The summed E-state index contributed by atoms with van der Waals surface area (Å²) in [4.78, 5) is 12.8. The van der Waals surface area contributed by atoms with Crippen LogP contribution in [0.3, 0.4) is 0 Å². The summed E-state index contributed by atoms with van der Waals surface area (Å²) in [7, 11) is 1.63. The zero-order valence-corrected chi connectivity index (χ0v) is 12.5. The van der Waals surface area contributed by atoms with Crippen LogP contribution in [0.5, 0.6) is 0 Å². The van der Waals surface area contributed by atoms with Gasteiger partial charge >= 0.3 is 0 Å². The molecule has 3 N–H and O–H groups in total. The second-order valence-corrected chi connectivity index (χ2v) is 5.57. The van der Waals surface area contributed by atoms with Crippen molar-refractivity contribution in [2.24, 2.45) is 0 Å². The summed E-state index contributed by atoms with van der Waals surface area (Å²) in [6.45, 7) is 2.09. The first-order valence-electron chi connectivity index (χ1n) is 6.40. The van der Waals surface area contributed by atoms with Gasteiger partial charge in [-0.1, -0.05) is 24.3 Å². The Morgan fingerprint density at radius 3 is 2.70 bits per heavy atom. The number of hydrogen-bond acceptors (Lipinski definition) is 3. The van der Waals surface area contributed by atoms with Crippen molar-refractivity contribution in [1.29, 1.82) is 0 Å². The summed E-state index contributed by atoms with van der Waals surface area (Å²) in [6.07, 6.45) is 0. The SMILES string of the molecule is CNC(=O)c1ccc(N)cc1SCc1ccccc1C. The van der Waals surface area contributed by atoms with Gasteiger partial charge in [0, 0.05) is 23.4 Å². The number of benzene rings is 2. The van der Waals surface area contributed by atoms with E-state index in [1.807, 2.05) is 18.2 Å². The van der Waals surface area contributed by atoms with Gasteiger partial charge in [-0.2, -0.15) is 0 Å². The zero-order chi connectivity index (χ0) is 14.5. The fraction of sp³-hybridized carbons (Fsp3) is 0.188. The average Bonchev–Trinajstić information content (AvgIpc) is 2.46. The van der Waals surface area contributed by atoms with Gasteiger partial charge in [-0.25, -0.2) is 0 Å². The van der Waals surface area contributed by atoms with Gasteiger partial charge in [0.05, 0.1) is 5.56 Å².